The monoisotopic (exact) mass is 900 g/mol. The molecule has 3 aliphatic rings. The second-order valence-corrected chi connectivity index (χ2v) is 17.2. The summed E-state index contributed by atoms with van der Waals surface area (Å²) >= 11 is 0. The topological polar surface area (TPSA) is 146 Å². The highest BCUT2D eigenvalue weighted by molar-refractivity contribution is 6.03. The van der Waals surface area contributed by atoms with Gasteiger partial charge in [-0.2, -0.15) is 0 Å². The molecule has 350 valence electrons. The summed E-state index contributed by atoms with van der Waals surface area (Å²) in [6, 6.07) is 31.8. The van der Waals surface area contributed by atoms with E-state index in [-0.39, 0.29) is 63.8 Å². The van der Waals surface area contributed by atoms with Crippen LogP contribution in [0.4, 0.5) is 4.79 Å². The van der Waals surface area contributed by atoms with Gasteiger partial charge in [-0.1, -0.05) is 110 Å². The van der Waals surface area contributed by atoms with Gasteiger partial charge in [-0.3, -0.25) is 9.69 Å². The van der Waals surface area contributed by atoms with E-state index < -0.39 is 23.8 Å². The van der Waals surface area contributed by atoms with Crippen molar-refractivity contribution in [1.29, 1.82) is 0 Å². The molecule has 0 aromatic heterocycles. The molecule has 1 amide bonds. The number of carbonyl (C=O) groups is 2. The fraction of sp³-hybridized carbons (Fsp3) is 0.426. The van der Waals surface area contributed by atoms with Crippen LogP contribution >= 0.6 is 0 Å². The van der Waals surface area contributed by atoms with Crippen LogP contribution in [-0.2, 0) is 32.3 Å². The third-order valence-electron chi connectivity index (χ3n) is 12.8. The maximum Gasteiger partial charge on any atom is 0.410 e. The van der Waals surface area contributed by atoms with Crippen LogP contribution < -0.4 is 9.47 Å². The molecule has 0 saturated heterocycles. The number of benzene rings is 4. The molecular weight excluding hydrogens is 837 g/mol. The first-order chi connectivity index (χ1) is 32.4. The van der Waals surface area contributed by atoms with E-state index in [4.69, 9.17) is 33.7 Å². The molecule has 1 saturated carbocycles. The van der Waals surface area contributed by atoms with Crippen LogP contribution in [0.15, 0.2) is 133 Å². The molecule has 0 bridgehead atoms. The number of fused-ring (bicyclic) bond motifs is 2. The molecule has 1 heterocycles. The van der Waals surface area contributed by atoms with E-state index in [1.54, 1.807) is 29.2 Å². The number of aldehydes is 1. The highest BCUT2D eigenvalue weighted by Gasteiger charge is 2.65. The van der Waals surface area contributed by atoms with Crippen molar-refractivity contribution in [3.63, 3.8) is 0 Å². The van der Waals surface area contributed by atoms with Gasteiger partial charge in [0.2, 0.25) is 5.79 Å². The fourth-order valence-corrected chi connectivity index (χ4v) is 9.91. The summed E-state index contributed by atoms with van der Waals surface area (Å²) in [6.45, 7) is 7.59. The summed E-state index contributed by atoms with van der Waals surface area (Å²) in [5.41, 5.74) is 5.02. The zero-order chi connectivity index (χ0) is 46.1. The Bertz CT molecular complexity index is 2250. The Morgan fingerprint density at radius 3 is 2.32 bits per heavy atom. The SMILES string of the molecule is C=CCOC12Oc3ccc(Oc4cccc(C=O)c4)cc3C3C(CCCCO)C(CCCCO)C=C(C(=NOCc4ccccc4)CC1N(CCC)C(=O)OCCOCc1ccccc1)C32. The lowest BCUT2D eigenvalue weighted by Gasteiger charge is -2.59. The summed E-state index contributed by atoms with van der Waals surface area (Å²) in [4.78, 5) is 34.3. The predicted molar refractivity (Wildman–Crippen MR) is 253 cm³/mol. The number of ether oxygens (including phenoxy) is 5. The molecule has 12 heteroatoms. The first kappa shape index (κ1) is 48.2. The number of unbranched alkanes of at least 4 members (excludes halogenated alkanes) is 2. The van der Waals surface area contributed by atoms with Gasteiger partial charge in [0, 0.05) is 43.2 Å². The molecule has 0 spiro atoms. The molecule has 6 atom stereocenters. The highest BCUT2D eigenvalue weighted by atomic mass is 16.7. The van der Waals surface area contributed by atoms with Crippen molar-refractivity contribution < 1.29 is 48.3 Å². The molecule has 1 fully saturated rings. The van der Waals surface area contributed by atoms with E-state index in [1.807, 2.05) is 91.9 Å². The first-order valence-corrected chi connectivity index (χ1v) is 23.4. The van der Waals surface area contributed by atoms with Crippen molar-refractivity contribution in [2.75, 3.05) is 39.6 Å². The van der Waals surface area contributed by atoms with E-state index in [2.05, 4.69) is 12.7 Å². The largest absolute Gasteiger partial charge is 0.459 e. The number of amides is 1. The van der Waals surface area contributed by atoms with Gasteiger partial charge in [-0.15, -0.1) is 6.58 Å². The van der Waals surface area contributed by atoms with Gasteiger partial charge in [0.15, 0.2) is 0 Å². The Balaban J connectivity index is 1.35. The van der Waals surface area contributed by atoms with E-state index in [0.717, 1.165) is 54.2 Å². The minimum Gasteiger partial charge on any atom is -0.459 e. The number of nitrogens with zero attached hydrogens (tertiary/aromatic N) is 2. The van der Waals surface area contributed by atoms with E-state index in [0.29, 0.717) is 60.9 Å². The van der Waals surface area contributed by atoms with Crippen LogP contribution in [0.25, 0.3) is 0 Å². The average molecular weight is 901 g/mol. The molecule has 2 N–H and O–H groups in total. The summed E-state index contributed by atoms with van der Waals surface area (Å²) in [5, 5.41) is 24.9. The predicted octanol–water partition coefficient (Wildman–Crippen LogP) is 10.2. The van der Waals surface area contributed by atoms with Crippen molar-refractivity contribution in [1.82, 2.24) is 4.90 Å². The molecule has 6 unspecified atom stereocenters. The molecule has 66 heavy (non-hydrogen) atoms. The molecular formula is C54H64N2O10. The van der Waals surface area contributed by atoms with Gasteiger partial charge < -0.3 is 38.7 Å². The molecule has 12 nitrogen and oxygen atoms in total. The van der Waals surface area contributed by atoms with Crippen molar-refractivity contribution >= 4 is 18.1 Å². The van der Waals surface area contributed by atoms with Crippen LogP contribution in [0, 0.1) is 17.8 Å². The molecule has 2 aliphatic carbocycles. The zero-order valence-electron chi connectivity index (χ0n) is 38.0. The van der Waals surface area contributed by atoms with Crippen molar-refractivity contribution in [2.24, 2.45) is 22.9 Å². The van der Waals surface area contributed by atoms with E-state index in [9.17, 15) is 19.8 Å². The Hall–Kier alpha value is -5.79. The fourth-order valence-electron chi connectivity index (χ4n) is 9.91. The molecule has 4 aromatic rings. The van der Waals surface area contributed by atoms with Gasteiger partial charge in [-0.05, 0) is 91.0 Å². The third kappa shape index (κ3) is 11.6. The third-order valence-corrected chi connectivity index (χ3v) is 12.8. The molecule has 0 radical (unpaired) electrons. The molecule has 4 aromatic carbocycles. The lowest BCUT2D eigenvalue weighted by molar-refractivity contribution is -0.255. The van der Waals surface area contributed by atoms with Gasteiger partial charge in [0.25, 0.3) is 0 Å². The number of oxime groups is 1. The van der Waals surface area contributed by atoms with Crippen LogP contribution in [0.5, 0.6) is 17.2 Å². The Labute approximate surface area is 388 Å². The Morgan fingerprint density at radius 2 is 1.61 bits per heavy atom. The zero-order valence-corrected chi connectivity index (χ0v) is 38.0. The van der Waals surface area contributed by atoms with Crippen LogP contribution in [0.1, 0.15) is 91.3 Å². The van der Waals surface area contributed by atoms with Crippen LogP contribution in [0.2, 0.25) is 0 Å². The van der Waals surface area contributed by atoms with Gasteiger partial charge in [0.1, 0.15) is 42.8 Å². The summed E-state index contributed by atoms with van der Waals surface area (Å²) < 4.78 is 32.8. The summed E-state index contributed by atoms with van der Waals surface area (Å²) in [6.07, 6.45) is 9.63. The van der Waals surface area contributed by atoms with Gasteiger partial charge in [-0.25, -0.2) is 4.79 Å². The summed E-state index contributed by atoms with van der Waals surface area (Å²) in [5.74, 6) is -0.452. The smallest absolute Gasteiger partial charge is 0.410 e. The molecule has 7 rings (SSSR count). The maximum atomic E-state index is 14.6. The lowest BCUT2D eigenvalue weighted by Crippen LogP contribution is -2.70. The van der Waals surface area contributed by atoms with Crippen molar-refractivity contribution in [3.05, 3.63) is 150 Å². The standard InChI is InChI=1S/C54H64N2O10/c1-3-26-56(53(60)62-31-30-61-37-39-16-7-5-8-17-39)50-35-48(55-64-38-40-18-9-6-10-19-40)46-33-42(21-11-13-27-57)45(23-12-14-28-58)51-47-34-44(65-43-22-15-20-41(32-43)36-59)24-25-49(47)66-54(50,52(46)51)63-29-4-2/h4-10,15-20,22,24-25,32-34,36,42,45,50-52,57-58H,2-3,11-14,21,23,26-31,35,37-38H2,1H3. The second kappa shape index (κ2) is 24.1. The van der Waals surface area contributed by atoms with E-state index in [1.165, 1.54) is 0 Å². The quantitative estimate of drug-likeness (QED) is 0.0285. The second-order valence-electron chi connectivity index (χ2n) is 17.2. The van der Waals surface area contributed by atoms with Gasteiger partial charge in [0.05, 0.1) is 31.5 Å². The number of carbonyl (C=O) groups excluding carboxylic acids is 2. The number of aliphatic hydroxyl groups is 2. The van der Waals surface area contributed by atoms with Crippen LogP contribution in [-0.4, -0.2) is 84.6 Å². The lowest BCUT2D eigenvalue weighted by atomic mass is 9.55. The summed E-state index contributed by atoms with van der Waals surface area (Å²) in [7, 11) is 0. The van der Waals surface area contributed by atoms with Crippen molar-refractivity contribution in [2.45, 2.75) is 89.3 Å². The number of hydrogen-bond acceptors (Lipinski definition) is 11. The minimum atomic E-state index is -1.44. The Morgan fingerprint density at radius 1 is 0.879 bits per heavy atom. The van der Waals surface area contributed by atoms with E-state index >= 15 is 0 Å². The number of hydrogen-bond donors (Lipinski definition) is 2. The molecule has 1 aliphatic heterocycles. The number of aliphatic hydroxyl groups excluding tert-OH is 2. The first-order valence-electron chi connectivity index (χ1n) is 23.4. The Kier molecular flexibility index (Phi) is 17.6. The minimum absolute atomic E-state index is 0.0190. The number of rotatable bonds is 25. The van der Waals surface area contributed by atoms with Gasteiger partial charge >= 0.3 is 6.09 Å². The highest BCUT2D eigenvalue weighted by Crippen LogP contribution is 2.62. The number of allylic oxidation sites excluding steroid dienone is 1. The van der Waals surface area contributed by atoms with Crippen LogP contribution in [0.3, 0.4) is 0 Å². The van der Waals surface area contributed by atoms with Crippen molar-refractivity contribution in [3.8, 4) is 17.2 Å². The maximum absolute atomic E-state index is 14.6. The normalized spacial score (nSPS) is 22.3. The average Bonchev–Trinajstić information content (AvgIpc) is 3.34.